The van der Waals surface area contributed by atoms with E-state index < -0.39 is 35.8 Å². The monoisotopic (exact) mass is 586 g/mol. The average molecular weight is 587 g/mol. The summed E-state index contributed by atoms with van der Waals surface area (Å²) >= 11 is 5.08. The van der Waals surface area contributed by atoms with Gasteiger partial charge in [0.1, 0.15) is 19.0 Å². The normalized spacial score (nSPS) is 16.6. The predicted octanol–water partition coefficient (Wildman–Crippen LogP) is 3.07. The lowest BCUT2D eigenvalue weighted by Crippen LogP contribution is -2.49. The highest BCUT2D eigenvalue weighted by atomic mass is 32.1. The molecule has 4 aromatic rings. The Bertz CT molecular complexity index is 1890. The van der Waals surface area contributed by atoms with Gasteiger partial charge in [-0.25, -0.2) is 14.2 Å². The Morgan fingerprint density at radius 3 is 2.74 bits per heavy atom. The molecule has 2 aromatic carbocycles. The average Bonchev–Trinajstić information content (AvgIpc) is 3.34. The van der Waals surface area contributed by atoms with Crippen LogP contribution >= 0.6 is 12.2 Å². The first-order valence-corrected chi connectivity index (χ1v) is 13.5. The van der Waals surface area contributed by atoms with E-state index in [4.69, 9.17) is 26.7 Å². The molecule has 2 aliphatic rings. The number of carbonyl (C=O) groups is 3. The number of fused-ring (bicyclic) bond motifs is 5. The Hall–Kier alpha value is -4.97. The number of benzene rings is 2. The number of cyclic esters (lactones) is 1. The van der Waals surface area contributed by atoms with Crippen molar-refractivity contribution in [1.29, 1.82) is 0 Å². The van der Waals surface area contributed by atoms with E-state index in [-0.39, 0.29) is 40.4 Å². The maximum Gasteiger partial charge on any atom is 0.355 e. The molecule has 0 spiro atoms. The van der Waals surface area contributed by atoms with E-state index >= 15 is 0 Å². The molecule has 6 rings (SSSR count). The van der Waals surface area contributed by atoms with Gasteiger partial charge >= 0.3 is 11.9 Å². The number of ether oxygens (including phenoxy) is 2. The summed E-state index contributed by atoms with van der Waals surface area (Å²) < 4.78 is 26.1. The summed E-state index contributed by atoms with van der Waals surface area (Å²) in [6.45, 7) is 1.19. The van der Waals surface area contributed by atoms with Crippen LogP contribution < -0.4 is 16.2 Å². The Labute approximate surface area is 243 Å². The second kappa shape index (κ2) is 10.5. The van der Waals surface area contributed by atoms with Crippen molar-refractivity contribution in [1.82, 2.24) is 20.2 Å². The van der Waals surface area contributed by atoms with E-state index in [0.29, 0.717) is 17.9 Å². The SMILES string of the molecule is CC[C@@]1(OC(=O)CNC(=S)NC(=O)c2cccc(F)c2)C(=O)OCc2c1cc1n(c2=O)Cc2cc3ccccc3nc2-1. The third kappa shape index (κ3) is 4.59. The van der Waals surface area contributed by atoms with E-state index in [0.717, 1.165) is 22.5 Å². The quantitative estimate of drug-likeness (QED) is 0.236. The topological polar surface area (TPSA) is 129 Å². The first-order valence-electron chi connectivity index (χ1n) is 13.1. The molecule has 42 heavy (non-hydrogen) atoms. The number of nitrogens with one attached hydrogen (secondary N) is 2. The molecular weight excluding hydrogens is 563 g/mol. The van der Waals surface area contributed by atoms with Crippen molar-refractivity contribution < 1.29 is 28.2 Å². The highest BCUT2D eigenvalue weighted by molar-refractivity contribution is 7.80. The largest absolute Gasteiger partial charge is 0.457 e. The smallest absolute Gasteiger partial charge is 0.355 e. The molecule has 2 N–H and O–H groups in total. The van der Waals surface area contributed by atoms with Crippen LogP contribution in [-0.2, 0) is 37.8 Å². The van der Waals surface area contributed by atoms with Gasteiger partial charge in [0.25, 0.3) is 11.5 Å². The zero-order chi connectivity index (χ0) is 29.6. The summed E-state index contributed by atoms with van der Waals surface area (Å²) in [6.07, 6.45) is -0.00771. The fourth-order valence-electron chi connectivity index (χ4n) is 5.31. The molecule has 0 saturated heterocycles. The Morgan fingerprint density at radius 1 is 1.14 bits per heavy atom. The first kappa shape index (κ1) is 27.2. The number of rotatable bonds is 5. The second-order valence-corrected chi connectivity index (χ2v) is 10.3. The molecule has 0 aliphatic carbocycles. The zero-order valence-corrected chi connectivity index (χ0v) is 23.0. The van der Waals surface area contributed by atoms with Gasteiger partial charge < -0.3 is 19.4 Å². The summed E-state index contributed by atoms with van der Waals surface area (Å²) in [5.74, 6) is -2.95. The summed E-state index contributed by atoms with van der Waals surface area (Å²) in [4.78, 5) is 56.9. The number of aromatic nitrogens is 2. The molecule has 1 atom stereocenters. The van der Waals surface area contributed by atoms with Gasteiger partial charge in [0, 0.05) is 22.1 Å². The van der Waals surface area contributed by atoms with Gasteiger partial charge in [-0.1, -0.05) is 31.2 Å². The van der Waals surface area contributed by atoms with E-state index in [1.54, 1.807) is 17.6 Å². The number of pyridine rings is 2. The number of hydrogen-bond acceptors (Lipinski definition) is 8. The van der Waals surface area contributed by atoms with E-state index in [1.807, 2.05) is 30.3 Å². The van der Waals surface area contributed by atoms with Crippen LogP contribution in [-0.4, -0.2) is 39.1 Å². The van der Waals surface area contributed by atoms with Crippen LogP contribution in [0, 0.1) is 5.82 Å². The molecule has 0 saturated carbocycles. The van der Waals surface area contributed by atoms with Crippen molar-refractivity contribution in [2.45, 2.75) is 32.1 Å². The highest BCUT2D eigenvalue weighted by Crippen LogP contribution is 2.40. The van der Waals surface area contributed by atoms with E-state index in [9.17, 15) is 23.6 Å². The summed E-state index contributed by atoms with van der Waals surface area (Å²) in [6, 6.07) is 16.3. The molecule has 2 aromatic heterocycles. The number of esters is 2. The van der Waals surface area contributed by atoms with Crippen molar-refractivity contribution in [3.05, 3.63) is 99.1 Å². The van der Waals surface area contributed by atoms with Crippen LogP contribution in [0.25, 0.3) is 22.3 Å². The van der Waals surface area contributed by atoms with Crippen LogP contribution in [0.1, 0.15) is 40.4 Å². The minimum atomic E-state index is -1.88. The lowest BCUT2D eigenvalue weighted by molar-refractivity contribution is -0.188. The zero-order valence-electron chi connectivity index (χ0n) is 22.2. The lowest BCUT2D eigenvalue weighted by Gasteiger charge is -2.35. The van der Waals surface area contributed by atoms with Crippen molar-refractivity contribution in [3.8, 4) is 11.4 Å². The fourth-order valence-corrected chi connectivity index (χ4v) is 5.48. The molecule has 10 nitrogen and oxygen atoms in total. The molecule has 0 unspecified atom stereocenters. The molecule has 4 heterocycles. The van der Waals surface area contributed by atoms with Crippen molar-refractivity contribution >= 4 is 46.1 Å². The van der Waals surface area contributed by atoms with Crippen molar-refractivity contribution in [3.63, 3.8) is 0 Å². The number of carbonyl (C=O) groups excluding carboxylic acids is 3. The van der Waals surface area contributed by atoms with E-state index in [1.165, 1.54) is 18.2 Å². The minimum absolute atomic E-state index is 0.00771. The van der Waals surface area contributed by atoms with Gasteiger partial charge in [0.2, 0.25) is 5.60 Å². The fraction of sp³-hybridized carbons (Fsp3) is 0.200. The maximum atomic E-state index is 13.6. The van der Waals surface area contributed by atoms with Gasteiger partial charge in [0.05, 0.1) is 29.0 Å². The Morgan fingerprint density at radius 2 is 1.95 bits per heavy atom. The van der Waals surface area contributed by atoms with Crippen LogP contribution in [0.4, 0.5) is 4.39 Å². The standard InChI is InChI=1S/C30H23FN4O6S/c1-2-30(41-24(36)13-32-29(42)34-26(37)17-7-5-8-19(31)11-17)21-12-23-25-18(10-16-6-3-4-9-22(16)33-25)14-35(23)27(38)20(21)15-40-28(30)39/h3-12H,2,13-15H2,1H3,(H2,32,34,37,42)/t30-/m0/s1. The summed E-state index contributed by atoms with van der Waals surface area (Å²) in [7, 11) is 0. The summed E-state index contributed by atoms with van der Waals surface area (Å²) in [5.41, 5.74) is 1.01. The Kier molecular flexibility index (Phi) is 6.77. The summed E-state index contributed by atoms with van der Waals surface area (Å²) in [5, 5.41) is 5.64. The molecular formula is C30H23FN4O6S. The van der Waals surface area contributed by atoms with Gasteiger partial charge in [-0.3, -0.25) is 19.7 Å². The highest BCUT2D eigenvalue weighted by Gasteiger charge is 2.50. The third-order valence-electron chi connectivity index (χ3n) is 7.38. The number of para-hydroxylation sites is 1. The van der Waals surface area contributed by atoms with Crippen LogP contribution in [0.2, 0.25) is 0 Å². The molecule has 0 radical (unpaired) electrons. The van der Waals surface area contributed by atoms with Crippen LogP contribution in [0.3, 0.4) is 0 Å². The minimum Gasteiger partial charge on any atom is -0.457 e. The number of halogens is 1. The maximum absolute atomic E-state index is 13.6. The molecule has 12 heteroatoms. The molecule has 0 fully saturated rings. The van der Waals surface area contributed by atoms with Gasteiger partial charge in [-0.15, -0.1) is 0 Å². The molecule has 1 amide bonds. The molecule has 0 bridgehead atoms. The number of nitrogens with zero attached hydrogens (tertiary/aromatic N) is 2. The lowest BCUT2D eigenvalue weighted by atomic mass is 9.85. The number of hydrogen-bond donors (Lipinski definition) is 2. The van der Waals surface area contributed by atoms with Crippen LogP contribution in [0.15, 0.2) is 65.5 Å². The first-order chi connectivity index (χ1) is 20.2. The van der Waals surface area contributed by atoms with Crippen molar-refractivity contribution in [2.24, 2.45) is 0 Å². The molecule has 212 valence electrons. The third-order valence-corrected chi connectivity index (χ3v) is 7.63. The number of amides is 1. The van der Waals surface area contributed by atoms with Gasteiger partial charge in [0.15, 0.2) is 5.11 Å². The van der Waals surface area contributed by atoms with Gasteiger partial charge in [-0.2, -0.15) is 0 Å². The number of thiocarbonyl (C=S) groups is 1. The van der Waals surface area contributed by atoms with Gasteiger partial charge in [-0.05, 0) is 55.0 Å². The predicted molar refractivity (Wildman–Crippen MR) is 153 cm³/mol. The van der Waals surface area contributed by atoms with E-state index in [2.05, 4.69) is 10.6 Å². The van der Waals surface area contributed by atoms with Crippen molar-refractivity contribution in [2.75, 3.05) is 6.54 Å². The Balaban J connectivity index is 1.26. The van der Waals surface area contributed by atoms with Crippen LogP contribution in [0.5, 0.6) is 0 Å². The molecule has 2 aliphatic heterocycles. The second-order valence-electron chi connectivity index (χ2n) is 9.88.